The normalized spacial score (nSPS) is 15.5. The van der Waals surface area contributed by atoms with Gasteiger partial charge in [-0.3, -0.25) is 4.31 Å². The summed E-state index contributed by atoms with van der Waals surface area (Å²) < 4.78 is 40.5. The molecule has 8 heteroatoms. The van der Waals surface area contributed by atoms with Crippen molar-refractivity contribution < 1.29 is 17.9 Å². The van der Waals surface area contributed by atoms with E-state index in [0.29, 0.717) is 30.3 Å². The van der Waals surface area contributed by atoms with E-state index in [4.69, 9.17) is 15.3 Å². The third-order valence-corrected chi connectivity index (χ3v) is 7.89. The first kappa shape index (κ1) is 26.0. The fourth-order valence-electron chi connectivity index (χ4n) is 3.99. The largest absolute Gasteiger partial charge is 0.476 e. The quantitative estimate of drug-likeness (QED) is 0.244. The molecule has 2 N–H and O–H groups in total. The van der Waals surface area contributed by atoms with Gasteiger partial charge in [-0.1, -0.05) is 39.0 Å². The van der Waals surface area contributed by atoms with Gasteiger partial charge in [0.15, 0.2) is 0 Å². The van der Waals surface area contributed by atoms with Crippen molar-refractivity contribution in [1.29, 1.82) is 0 Å². The van der Waals surface area contributed by atoms with Crippen LogP contribution in [0.3, 0.4) is 0 Å². The highest BCUT2D eigenvalue weighted by Crippen LogP contribution is 2.27. The maximum Gasteiger partial charge on any atom is 0.264 e. The van der Waals surface area contributed by atoms with Gasteiger partial charge in [0.1, 0.15) is 0 Å². The highest BCUT2D eigenvalue weighted by Gasteiger charge is 2.27. The van der Waals surface area contributed by atoms with Crippen molar-refractivity contribution in [3.8, 4) is 0 Å². The summed E-state index contributed by atoms with van der Waals surface area (Å²) in [6.07, 6.45) is 2.74. The van der Waals surface area contributed by atoms with Crippen LogP contribution in [0.2, 0.25) is 0 Å². The van der Waals surface area contributed by atoms with E-state index < -0.39 is 10.0 Å². The van der Waals surface area contributed by atoms with E-state index in [1.54, 1.807) is 18.2 Å². The van der Waals surface area contributed by atoms with E-state index in [9.17, 15) is 8.42 Å². The molecule has 0 amide bonds. The van der Waals surface area contributed by atoms with Crippen LogP contribution in [0.4, 0.5) is 5.69 Å². The fourth-order valence-corrected chi connectivity index (χ4v) is 5.64. The molecule has 1 saturated heterocycles. The molecule has 1 aliphatic rings. The molecule has 0 spiro atoms. The van der Waals surface area contributed by atoms with Gasteiger partial charge in [-0.05, 0) is 73.4 Å². The van der Waals surface area contributed by atoms with Gasteiger partial charge >= 0.3 is 0 Å². The summed E-state index contributed by atoms with van der Waals surface area (Å²) in [6, 6.07) is 12.7. The molecule has 1 heterocycles. The molecule has 0 atom stereocenters. The average molecular weight is 488 g/mol. The SMILES string of the molecule is CCc1ccc(N(CC(C)C)S(=O)(=O)c2ccc(C)c(/C(=N\N)OCC3CCOCC3)c2)cc1. The molecule has 3 rings (SSSR count). The Labute approximate surface area is 204 Å². The summed E-state index contributed by atoms with van der Waals surface area (Å²) in [6.45, 7) is 10.3. The van der Waals surface area contributed by atoms with Crippen LogP contribution in [-0.4, -0.2) is 40.7 Å². The number of nitrogens with zero attached hydrogens (tertiary/aromatic N) is 2. The summed E-state index contributed by atoms with van der Waals surface area (Å²) in [4.78, 5) is 0.184. The lowest BCUT2D eigenvalue weighted by Crippen LogP contribution is -2.34. The van der Waals surface area contributed by atoms with E-state index in [2.05, 4.69) is 12.0 Å². The molecule has 2 aromatic carbocycles. The highest BCUT2D eigenvalue weighted by atomic mass is 32.2. The Morgan fingerprint density at radius 3 is 2.44 bits per heavy atom. The Kier molecular flexibility index (Phi) is 8.97. The molecule has 186 valence electrons. The molecule has 0 aromatic heterocycles. The molecule has 0 unspecified atom stereocenters. The van der Waals surface area contributed by atoms with Gasteiger partial charge in [-0.25, -0.2) is 8.42 Å². The number of sulfonamides is 1. The van der Waals surface area contributed by atoms with Crippen LogP contribution >= 0.6 is 0 Å². The molecular weight excluding hydrogens is 450 g/mol. The van der Waals surface area contributed by atoms with Crippen molar-refractivity contribution in [3.05, 3.63) is 59.2 Å². The summed E-state index contributed by atoms with van der Waals surface area (Å²) in [5.74, 6) is 6.44. The average Bonchev–Trinajstić information content (AvgIpc) is 2.84. The second-order valence-electron chi connectivity index (χ2n) is 9.23. The number of rotatable bonds is 9. The second kappa shape index (κ2) is 11.7. The van der Waals surface area contributed by atoms with Crippen molar-refractivity contribution >= 4 is 21.6 Å². The third kappa shape index (κ3) is 6.30. The van der Waals surface area contributed by atoms with Gasteiger partial charge in [-0.15, -0.1) is 5.10 Å². The minimum Gasteiger partial charge on any atom is -0.476 e. The lowest BCUT2D eigenvalue weighted by atomic mass is 10.0. The molecule has 2 aromatic rings. The van der Waals surface area contributed by atoms with Crippen LogP contribution in [0.5, 0.6) is 0 Å². The van der Waals surface area contributed by atoms with Crippen LogP contribution in [0.15, 0.2) is 52.5 Å². The maximum absolute atomic E-state index is 13.8. The van der Waals surface area contributed by atoms with E-state index in [1.807, 2.05) is 45.0 Å². The number of benzene rings is 2. The molecule has 0 bridgehead atoms. The molecule has 0 saturated carbocycles. The summed E-state index contributed by atoms with van der Waals surface area (Å²) in [7, 11) is -3.82. The predicted molar refractivity (Wildman–Crippen MR) is 137 cm³/mol. The van der Waals surface area contributed by atoms with Crippen LogP contribution < -0.4 is 10.1 Å². The van der Waals surface area contributed by atoms with Crippen molar-refractivity contribution in [2.45, 2.75) is 51.9 Å². The number of hydrazone groups is 1. The zero-order chi connectivity index (χ0) is 24.7. The van der Waals surface area contributed by atoms with E-state index in [-0.39, 0.29) is 16.7 Å². The summed E-state index contributed by atoms with van der Waals surface area (Å²) >= 11 is 0. The monoisotopic (exact) mass is 487 g/mol. The zero-order valence-electron chi connectivity index (χ0n) is 20.7. The van der Waals surface area contributed by atoms with Gasteiger partial charge < -0.3 is 15.3 Å². The number of hydrogen-bond acceptors (Lipinski definition) is 6. The van der Waals surface area contributed by atoms with Crippen LogP contribution in [0.25, 0.3) is 0 Å². The molecule has 1 aliphatic heterocycles. The number of aryl methyl sites for hydroxylation is 2. The smallest absolute Gasteiger partial charge is 0.264 e. The van der Waals surface area contributed by atoms with Gasteiger partial charge in [0, 0.05) is 25.3 Å². The first-order chi connectivity index (χ1) is 16.3. The van der Waals surface area contributed by atoms with E-state index >= 15 is 0 Å². The second-order valence-corrected chi connectivity index (χ2v) is 11.1. The zero-order valence-corrected chi connectivity index (χ0v) is 21.5. The number of anilines is 1. The molecular formula is C26H37N3O4S. The van der Waals surface area contributed by atoms with Crippen molar-refractivity contribution in [3.63, 3.8) is 0 Å². The fraction of sp³-hybridized carbons (Fsp3) is 0.500. The Morgan fingerprint density at radius 1 is 1.18 bits per heavy atom. The standard InChI is InChI=1S/C26H37N3O4S/c1-5-21-7-9-23(10-8-21)29(17-19(2)3)34(30,31)24-11-6-20(4)25(16-24)26(28-27)33-18-22-12-14-32-15-13-22/h6-11,16,19,22H,5,12-15,17-18,27H2,1-4H3/b28-26+. The molecule has 34 heavy (non-hydrogen) atoms. The minimum absolute atomic E-state index is 0.148. The van der Waals surface area contributed by atoms with Crippen LogP contribution in [0, 0.1) is 18.8 Å². The Morgan fingerprint density at radius 2 is 1.85 bits per heavy atom. The molecule has 1 fully saturated rings. The van der Waals surface area contributed by atoms with Crippen molar-refractivity contribution in [1.82, 2.24) is 0 Å². The molecule has 0 radical (unpaired) electrons. The summed E-state index contributed by atoms with van der Waals surface area (Å²) in [5, 5.41) is 3.85. The highest BCUT2D eigenvalue weighted by molar-refractivity contribution is 7.92. The topological polar surface area (TPSA) is 94.2 Å². The van der Waals surface area contributed by atoms with Gasteiger partial charge in [0.25, 0.3) is 10.0 Å². The van der Waals surface area contributed by atoms with Gasteiger partial charge in [0.2, 0.25) is 5.90 Å². The number of ether oxygens (including phenoxy) is 2. The summed E-state index contributed by atoms with van der Waals surface area (Å²) in [5.41, 5.74) is 3.24. The van der Waals surface area contributed by atoms with Crippen LogP contribution in [0.1, 0.15) is 50.3 Å². The van der Waals surface area contributed by atoms with Crippen LogP contribution in [-0.2, 0) is 25.9 Å². The number of nitrogens with two attached hydrogens (primary N) is 1. The van der Waals surface area contributed by atoms with Crippen molar-refractivity contribution in [2.75, 3.05) is 30.7 Å². The number of hydrogen-bond donors (Lipinski definition) is 1. The van der Waals surface area contributed by atoms with Crippen molar-refractivity contribution in [2.24, 2.45) is 22.8 Å². The first-order valence-corrected chi connectivity index (χ1v) is 13.4. The Bertz CT molecular complexity index is 1080. The molecule has 0 aliphatic carbocycles. The minimum atomic E-state index is -3.82. The van der Waals surface area contributed by atoms with E-state index in [1.165, 1.54) is 4.31 Å². The molecule has 7 nitrogen and oxygen atoms in total. The Balaban J connectivity index is 1.92. The van der Waals surface area contributed by atoms with Gasteiger partial charge in [0.05, 0.1) is 17.2 Å². The van der Waals surface area contributed by atoms with E-state index in [0.717, 1.165) is 43.6 Å². The first-order valence-electron chi connectivity index (χ1n) is 12.0. The lowest BCUT2D eigenvalue weighted by molar-refractivity contribution is 0.0479. The third-order valence-electron chi connectivity index (χ3n) is 6.10. The predicted octanol–water partition coefficient (Wildman–Crippen LogP) is 4.47. The maximum atomic E-state index is 13.8. The Hall–Kier alpha value is -2.58. The lowest BCUT2D eigenvalue weighted by Gasteiger charge is -2.27. The van der Waals surface area contributed by atoms with Gasteiger partial charge in [-0.2, -0.15) is 0 Å².